The molecule has 1 saturated heterocycles. The monoisotopic (exact) mass is 639 g/mol. The Morgan fingerprint density at radius 3 is 2.63 bits per heavy atom. The first-order valence-electron chi connectivity index (χ1n) is 11.4. The third-order valence-electron chi connectivity index (χ3n) is 5.54. The molecule has 1 unspecified atom stereocenters. The van der Waals surface area contributed by atoms with Crippen molar-refractivity contribution in [2.45, 2.75) is 48.2 Å². The molecule has 0 amide bonds. The molecule has 210 valence electrons. The zero-order valence-electron chi connectivity index (χ0n) is 20.6. The second-order valence-corrected chi connectivity index (χ2v) is 12.2. The summed E-state index contributed by atoms with van der Waals surface area (Å²) in [5.41, 5.74) is -1.46. The number of aromatic nitrogens is 2. The van der Waals surface area contributed by atoms with Crippen molar-refractivity contribution in [3.8, 4) is 5.75 Å². The molecule has 0 aliphatic carbocycles. The number of benzene rings is 1. The van der Waals surface area contributed by atoms with E-state index in [2.05, 4.69) is 26.0 Å². The highest BCUT2D eigenvalue weighted by molar-refractivity contribution is 9.10. The fourth-order valence-electron chi connectivity index (χ4n) is 3.49. The minimum absolute atomic E-state index is 0.0643. The predicted octanol–water partition coefficient (Wildman–Crippen LogP) is 1.88. The number of aromatic amines is 1. The van der Waals surface area contributed by atoms with Gasteiger partial charge in [-0.3, -0.25) is 23.7 Å². The van der Waals surface area contributed by atoms with E-state index in [4.69, 9.17) is 34.9 Å². The predicted molar refractivity (Wildman–Crippen MR) is 139 cm³/mol. The Balaban J connectivity index is 1.86. The number of alkyl halides is 2. The van der Waals surface area contributed by atoms with E-state index in [-0.39, 0.29) is 12.4 Å². The fraction of sp³-hybridized carbons (Fsp3) is 0.500. The molecule has 3 N–H and O–H groups in total. The SMILES string of the molecule is CCOC(=O)[C@@H](NP(=O)(OC[C@H]1O[C@@H](n2ccc(=O)[nH]c2=O)[C@](Cl)(Br)[C@@H]1O)Oc1ccccc1)[C@@H](C)OC. The summed E-state index contributed by atoms with van der Waals surface area (Å²) in [6.07, 6.45) is -3.65. The van der Waals surface area contributed by atoms with E-state index >= 15 is 0 Å². The lowest BCUT2D eigenvalue weighted by Gasteiger charge is -2.28. The summed E-state index contributed by atoms with van der Waals surface area (Å²) >= 11 is 9.64. The second kappa shape index (κ2) is 12.9. The van der Waals surface area contributed by atoms with Gasteiger partial charge in [-0.05, 0) is 26.0 Å². The van der Waals surface area contributed by atoms with Crippen molar-refractivity contribution < 1.29 is 37.7 Å². The molecule has 1 aliphatic rings. The number of ether oxygens (including phenoxy) is 3. The van der Waals surface area contributed by atoms with E-state index in [1.54, 1.807) is 32.0 Å². The van der Waals surface area contributed by atoms with Gasteiger partial charge >= 0.3 is 19.4 Å². The topological polar surface area (TPSA) is 167 Å². The van der Waals surface area contributed by atoms with Gasteiger partial charge in [0.05, 0.1) is 19.3 Å². The molecule has 13 nitrogen and oxygen atoms in total. The average molecular weight is 641 g/mol. The summed E-state index contributed by atoms with van der Waals surface area (Å²) in [6.45, 7) is 2.69. The quantitative estimate of drug-likeness (QED) is 0.176. The van der Waals surface area contributed by atoms with Crippen LogP contribution >= 0.6 is 35.3 Å². The van der Waals surface area contributed by atoms with Crippen LogP contribution in [0.4, 0.5) is 0 Å². The van der Waals surface area contributed by atoms with Gasteiger partial charge in [0.2, 0.25) is 0 Å². The van der Waals surface area contributed by atoms with Gasteiger partial charge in [0, 0.05) is 19.4 Å². The van der Waals surface area contributed by atoms with Crippen molar-refractivity contribution in [3.05, 3.63) is 63.4 Å². The van der Waals surface area contributed by atoms with Crippen LogP contribution in [-0.4, -0.2) is 69.1 Å². The maximum absolute atomic E-state index is 13.9. The number of methoxy groups -OCH3 is 1. The molecular formula is C22H28BrClN3O10P. The zero-order valence-corrected chi connectivity index (χ0v) is 23.9. The number of carbonyl (C=O) groups excluding carboxylic acids is 1. The third kappa shape index (κ3) is 7.13. The van der Waals surface area contributed by atoms with E-state index in [0.29, 0.717) is 0 Å². The molecule has 0 radical (unpaired) electrons. The van der Waals surface area contributed by atoms with E-state index in [9.17, 15) is 24.1 Å². The van der Waals surface area contributed by atoms with Crippen molar-refractivity contribution in [2.75, 3.05) is 20.3 Å². The van der Waals surface area contributed by atoms with Crippen LogP contribution in [0, 0.1) is 0 Å². The first kappa shape index (κ1) is 30.5. The number of hydrogen-bond acceptors (Lipinski definition) is 10. The Labute approximate surface area is 231 Å². The number of aliphatic hydroxyl groups excluding tert-OH is 1. The van der Waals surface area contributed by atoms with Gasteiger partial charge in [0.1, 0.15) is 24.0 Å². The Morgan fingerprint density at radius 2 is 2.03 bits per heavy atom. The fourth-order valence-corrected chi connectivity index (χ4v) is 5.99. The molecule has 0 spiro atoms. The summed E-state index contributed by atoms with van der Waals surface area (Å²) < 4.78 is 40.5. The number of halogens is 2. The van der Waals surface area contributed by atoms with Crippen LogP contribution in [0.1, 0.15) is 20.1 Å². The van der Waals surface area contributed by atoms with Gasteiger partial charge in [0.25, 0.3) is 5.56 Å². The van der Waals surface area contributed by atoms with E-state index < -0.39 is 65.9 Å². The molecule has 0 bridgehead atoms. The Kier molecular flexibility index (Phi) is 10.3. The van der Waals surface area contributed by atoms with Gasteiger partial charge in [-0.25, -0.2) is 9.36 Å². The Morgan fingerprint density at radius 1 is 1.34 bits per heavy atom. The smallest absolute Gasteiger partial charge is 0.459 e. The minimum Gasteiger partial charge on any atom is -0.465 e. The molecule has 7 atom stereocenters. The van der Waals surface area contributed by atoms with Crippen molar-refractivity contribution in [3.63, 3.8) is 0 Å². The third-order valence-corrected chi connectivity index (χ3v) is 8.35. The standard InChI is InChI=1S/C22H28BrClN3O10P/c1-4-34-19(30)17(13(2)33-3)26-38(32,37-14-8-6-5-7-9-14)35-12-15-18(29)22(23,24)20(36-15)27-11-10-16(28)25-21(27)31/h5-11,13,15,17-18,20,29H,4,12H2,1-3H3,(H,26,32)(H,25,28,31)/t13-,15-,17+,18-,20-,22+,38?/m1/s1. The maximum Gasteiger partial charge on any atom is 0.459 e. The van der Waals surface area contributed by atoms with Gasteiger partial charge in [-0.15, -0.1) is 0 Å². The van der Waals surface area contributed by atoms with Crippen LogP contribution < -0.4 is 20.9 Å². The molecule has 1 aliphatic heterocycles. The van der Waals surface area contributed by atoms with Crippen molar-refractivity contribution >= 4 is 41.2 Å². The van der Waals surface area contributed by atoms with Gasteiger partial charge in [-0.2, -0.15) is 5.09 Å². The Bertz CT molecular complexity index is 1260. The lowest BCUT2D eigenvalue weighted by Crippen LogP contribution is -2.46. The summed E-state index contributed by atoms with van der Waals surface area (Å²) in [6, 6.07) is 7.89. The molecule has 1 fully saturated rings. The minimum atomic E-state index is -4.37. The molecular weight excluding hydrogens is 613 g/mol. The van der Waals surface area contributed by atoms with E-state index in [1.807, 2.05) is 0 Å². The summed E-state index contributed by atoms with van der Waals surface area (Å²) in [7, 11) is -3.01. The molecule has 16 heteroatoms. The number of H-pyrrole nitrogens is 1. The average Bonchev–Trinajstić information content (AvgIpc) is 3.10. The first-order valence-corrected chi connectivity index (χ1v) is 14.1. The Hall–Kier alpha value is -2.03. The summed E-state index contributed by atoms with van der Waals surface area (Å²) in [4.78, 5) is 38.4. The number of carbonyl (C=O) groups is 1. The van der Waals surface area contributed by atoms with Crippen molar-refractivity contribution in [1.29, 1.82) is 0 Å². The molecule has 1 aromatic carbocycles. The molecule has 0 saturated carbocycles. The number of hydrogen-bond donors (Lipinski definition) is 3. The van der Waals surface area contributed by atoms with Gasteiger partial charge in [0.15, 0.2) is 10.0 Å². The van der Waals surface area contributed by atoms with Crippen LogP contribution in [0.2, 0.25) is 0 Å². The zero-order chi connectivity index (χ0) is 28.1. The van der Waals surface area contributed by atoms with Crippen LogP contribution in [0.3, 0.4) is 0 Å². The molecule has 2 aromatic rings. The molecule has 1 aromatic heterocycles. The van der Waals surface area contributed by atoms with E-state index in [1.165, 1.54) is 19.2 Å². The summed E-state index contributed by atoms with van der Waals surface area (Å²) in [5.74, 6) is -0.592. The highest BCUT2D eigenvalue weighted by Crippen LogP contribution is 2.50. The highest BCUT2D eigenvalue weighted by atomic mass is 79.9. The number of nitrogens with zero attached hydrogens (tertiary/aromatic N) is 1. The van der Waals surface area contributed by atoms with Crippen LogP contribution in [0.25, 0.3) is 0 Å². The lowest BCUT2D eigenvalue weighted by atomic mass is 10.2. The van der Waals surface area contributed by atoms with Gasteiger partial charge in [-0.1, -0.05) is 45.7 Å². The van der Waals surface area contributed by atoms with Crippen molar-refractivity contribution in [1.82, 2.24) is 14.6 Å². The molecule has 38 heavy (non-hydrogen) atoms. The number of esters is 1. The highest BCUT2D eigenvalue weighted by Gasteiger charge is 2.56. The second-order valence-electron chi connectivity index (χ2n) is 8.16. The van der Waals surface area contributed by atoms with E-state index in [0.717, 1.165) is 16.8 Å². The first-order chi connectivity index (χ1) is 17.9. The number of aliphatic hydroxyl groups is 1. The van der Waals surface area contributed by atoms with Gasteiger partial charge < -0.3 is 23.8 Å². The summed E-state index contributed by atoms with van der Waals surface area (Å²) in [5, 5.41) is 13.4. The normalized spacial score (nSPS) is 26.3. The maximum atomic E-state index is 13.9. The number of rotatable bonds is 12. The number of nitrogens with one attached hydrogen (secondary N) is 2. The van der Waals surface area contributed by atoms with Crippen LogP contribution in [-0.2, 0) is 28.1 Å². The largest absolute Gasteiger partial charge is 0.465 e. The number of para-hydroxylation sites is 1. The van der Waals surface area contributed by atoms with Crippen molar-refractivity contribution in [2.24, 2.45) is 0 Å². The molecule has 2 heterocycles. The van der Waals surface area contributed by atoms with Crippen LogP contribution in [0.15, 0.2) is 52.2 Å². The molecule has 3 rings (SSSR count). The lowest BCUT2D eigenvalue weighted by molar-refractivity contribution is -0.148. The van der Waals surface area contributed by atoms with Crippen LogP contribution in [0.5, 0.6) is 5.75 Å².